The molecule has 0 aromatic heterocycles. The number of fused-ring (bicyclic) bond motifs is 2. The van der Waals surface area contributed by atoms with Crippen molar-refractivity contribution in [3.8, 4) is 0 Å². The molecule has 0 aliphatic heterocycles. The molecule has 0 radical (unpaired) electrons. The Kier molecular flexibility index (Phi) is 3.09. The monoisotopic (exact) mass is 276 g/mol. The van der Waals surface area contributed by atoms with Crippen molar-refractivity contribution < 1.29 is 0 Å². The first-order valence-electron chi connectivity index (χ1n) is 7.74. The molecule has 0 nitrogen and oxygen atoms in total. The average Bonchev–Trinajstić information content (AvgIpc) is 2.37. The van der Waals surface area contributed by atoms with E-state index in [2.05, 4.69) is 77.9 Å². The Balaban J connectivity index is 2.72. The van der Waals surface area contributed by atoms with Gasteiger partial charge in [-0.1, -0.05) is 57.2 Å². The summed E-state index contributed by atoms with van der Waals surface area (Å²) in [4.78, 5) is 0. The van der Waals surface area contributed by atoms with Gasteiger partial charge in [-0.2, -0.15) is 0 Å². The molecule has 0 saturated carbocycles. The van der Waals surface area contributed by atoms with Gasteiger partial charge in [0.1, 0.15) is 0 Å². The van der Waals surface area contributed by atoms with Crippen LogP contribution in [0.3, 0.4) is 0 Å². The van der Waals surface area contributed by atoms with Crippen molar-refractivity contribution in [1.82, 2.24) is 0 Å². The largest absolute Gasteiger partial charge is 0.0614 e. The zero-order valence-corrected chi connectivity index (χ0v) is 14.0. The van der Waals surface area contributed by atoms with E-state index in [4.69, 9.17) is 0 Å². The van der Waals surface area contributed by atoms with Crippen molar-refractivity contribution in [3.05, 3.63) is 58.7 Å². The van der Waals surface area contributed by atoms with Crippen molar-refractivity contribution in [2.45, 2.75) is 47.0 Å². The van der Waals surface area contributed by atoms with E-state index in [1.54, 1.807) is 0 Å². The van der Waals surface area contributed by atoms with Gasteiger partial charge in [0.2, 0.25) is 0 Å². The molecule has 0 aliphatic rings. The van der Waals surface area contributed by atoms with E-state index in [0.717, 1.165) is 0 Å². The summed E-state index contributed by atoms with van der Waals surface area (Å²) in [6.07, 6.45) is 0. The van der Waals surface area contributed by atoms with E-state index in [0.29, 0.717) is 0 Å². The fourth-order valence-electron chi connectivity index (χ4n) is 3.83. The Morgan fingerprint density at radius 2 is 1.10 bits per heavy atom. The Hall–Kier alpha value is -1.82. The van der Waals surface area contributed by atoms with E-state index in [9.17, 15) is 0 Å². The summed E-state index contributed by atoms with van der Waals surface area (Å²) >= 11 is 0. The maximum absolute atomic E-state index is 2.32. The minimum Gasteiger partial charge on any atom is -0.0614 e. The maximum atomic E-state index is 2.32. The second kappa shape index (κ2) is 4.59. The SMILES string of the molecule is Cc1cccc2c(C(C)(C)C)c3cccc(C)c3c(C)c12. The Bertz CT molecular complexity index is 782. The lowest BCUT2D eigenvalue weighted by molar-refractivity contribution is 0.601. The Labute approximate surface area is 127 Å². The zero-order chi connectivity index (χ0) is 15.4. The predicted molar refractivity (Wildman–Crippen MR) is 94.4 cm³/mol. The highest BCUT2D eigenvalue weighted by Crippen LogP contribution is 2.41. The highest BCUT2D eigenvalue weighted by Gasteiger charge is 2.22. The molecule has 3 aromatic carbocycles. The van der Waals surface area contributed by atoms with Gasteiger partial charge in [-0.15, -0.1) is 0 Å². The molecule has 21 heavy (non-hydrogen) atoms. The van der Waals surface area contributed by atoms with Crippen LogP contribution in [0.5, 0.6) is 0 Å². The van der Waals surface area contributed by atoms with E-state index >= 15 is 0 Å². The minimum absolute atomic E-state index is 0.131. The van der Waals surface area contributed by atoms with Crippen LogP contribution in [0.15, 0.2) is 36.4 Å². The molecular weight excluding hydrogens is 252 g/mol. The molecule has 108 valence electrons. The quantitative estimate of drug-likeness (QED) is 0.428. The van der Waals surface area contributed by atoms with Crippen LogP contribution >= 0.6 is 0 Å². The lowest BCUT2D eigenvalue weighted by Crippen LogP contribution is -2.13. The summed E-state index contributed by atoms with van der Waals surface area (Å²) in [5.41, 5.74) is 5.78. The smallest absolute Gasteiger partial charge is 0.0116 e. The number of hydrogen-bond acceptors (Lipinski definition) is 0. The van der Waals surface area contributed by atoms with Crippen LogP contribution in [0.25, 0.3) is 21.5 Å². The molecule has 0 saturated heterocycles. The normalized spacial score (nSPS) is 12.3. The second-order valence-electron chi connectivity index (χ2n) is 7.24. The number of benzene rings is 3. The summed E-state index contributed by atoms with van der Waals surface area (Å²) in [6, 6.07) is 13.4. The van der Waals surface area contributed by atoms with Crippen LogP contribution < -0.4 is 0 Å². The predicted octanol–water partition coefficient (Wildman–Crippen LogP) is 6.22. The molecule has 0 heterocycles. The number of aryl methyl sites for hydroxylation is 3. The first-order valence-corrected chi connectivity index (χ1v) is 7.74. The second-order valence-corrected chi connectivity index (χ2v) is 7.24. The average molecular weight is 276 g/mol. The van der Waals surface area contributed by atoms with Gasteiger partial charge in [0, 0.05) is 0 Å². The van der Waals surface area contributed by atoms with Gasteiger partial charge in [-0.25, -0.2) is 0 Å². The van der Waals surface area contributed by atoms with Gasteiger partial charge >= 0.3 is 0 Å². The minimum atomic E-state index is 0.131. The van der Waals surface area contributed by atoms with Gasteiger partial charge in [0.15, 0.2) is 0 Å². The van der Waals surface area contributed by atoms with Crippen LogP contribution in [0.2, 0.25) is 0 Å². The maximum Gasteiger partial charge on any atom is -0.0116 e. The van der Waals surface area contributed by atoms with Crippen molar-refractivity contribution >= 4 is 21.5 Å². The molecule has 3 aromatic rings. The van der Waals surface area contributed by atoms with E-state index in [1.807, 2.05) is 0 Å². The topological polar surface area (TPSA) is 0 Å². The molecule has 0 atom stereocenters. The summed E-state index contributed by atoms with van der Waals surface area (Å²) < 4.78 is 0. The van der Waals surface area contributed by atoms with Crippen molar-refractivity contribution in [2.24, 2.45) is 0 Å². The molecule has 0 unspecified atom stereocenters. The molecule has 0 N–H and O–H groups in total. The van der Waals surface area contributed by atoms with Crippen LogP contribution in [0.4, 0.5) is 0 Å². The van der Waals surface area contributed by atoms with Crippen LogP contribution in [-0.4, -0.2) is 0 Å². The van der Waals surface area contributed by atoms with Gasteiger partial charge in [-0.05, 0) is 70.0 Å². The van der Waals surface area contributed by atoms with Gasteiger partial charge in [0.25, 0.3) is 0 Å². The fourth-order valence-corrected chi connectivity index (χ4v) is 3.83. The molecule has 0 heteroatoms. The summed E-state index contributed by atoms with van der Waals surface area (Å²) in [7, 11) is 0. The van der Waals surface area contributed by atoms with E-state index in [-0.39, 0.29) is 5.41 Å². The molecule has 0 fully saturated rings. The van der Waals surface area contributed by atoms with E-state index < -0.39 is 0 Å². The van der Waals surface area contributed by atoms with Gasteiger partial charge in [-0.3, -0.25) is 0 Å². The van der Waals surface area contributed by atoms with Gasteiger partial charge in [0.05, 0.1) is 0 Å². The lowest BCUT2D eigenvalue weighted by Gasteiger charge is -2.26. The fraction of sp³-hybridized carbons (Fsp3) is 0.333. The van der Waals surface area contributed by atoms with Gasteiger partial charge < -0.3 is 0 Å². The molecule has 3 rings (SSSR count). The van der Waals surface area contributed by atoms with Crippen LogP contribution in [0.1, 0.15) is 43.0 Å². The first kappa shape index (κ1) is 14.1. The van der Waals surface area contributed by atoms with Crippen LogP contribution in [0, 0.1) is 20.8 Å². The molecule has 0 aliphatic carbocycles. The lowest BCUT2D eigenvalue weighted by atomic mass is 9.77. The Morgan fingerprint density at radius 3 is 1.48 bits per heavy atom. The number of hydrogen-bond donors (Lipinski definition) is 0. The van der Waals surface area contributed by atoms with Crippen LogP contribution in [-0.2, 0) is 5.41 Å². The molecule has 0 spiro atoms. The third-order valence-electron chi connectivity index (χ3n) is 4.58. The zero-order valence-electron chi connectivity index (χ0n) is 14.0. The summed E-state index contributed by atoms with van der Waals surface area (Å²) in [6.45, 7) is 13.7. The standard InChI is InChI=1S/C21H24/c1-13-9-7-11-16-18(13)15(3)19-14(2)10-8-12-17(19)20(16)21(4,5)6/h7-12H,1-6H3. The molecular formula is C21H24. The molecule has 0 amide bonds. The first-order chi connectivity index (χ1) is 9.82. The highest BCUT2D eigenvalue weighted by molar-refractivity contribution is 6.08. The third kappa shape index (κ3) is 2.05. The summed E-state index contributed by atoms with van der Waals surface area (Å²) in [5, 5.41) is 5.70. The number of rotatable bonds is 0. The molecule has 0 bridgehead atoms. The van der Waals surface area contributed by atoms with Crippen molar-refractivity contribution in [1.29, 1.82) is 0 Å². The summed E-state index contributed by atoms with van der Waals surface area (Å²) in [5.74, 6) is 0. The van der Waals surface area contributed by atoms with Crippen molar-refractivity contribution in [3.63, 3.8) is 0 Å². The Morgan fingerprint density at radius 1 is 0.667 bits per heavy atom. The van der Waals surface area contributed by atoms with Crippen molar-refractivity contribution in [2.75, 3.05) is 0 Å². The van der Waals surface area contributed by atoms with E-state index in [1.165, 1.54) is 43.8 Å². The third-order valence-corrected chi connectivity index (χ3v) is 4.58. The highest BCUT2D eigenvalue weighted by atomic mass is 14.3.